The van der Waals surface area contributed by atoms with Gasteiger partial charge in [0.2, 0.25) is 5.91 Å². The smallest absolute Gasteiger partial charge is 0.337 e. The first-order valence-corrected chi connectivity index (χ1v) is 9.59. The number of methoxy groups -OCH3 is 1. The summed E-state index contributed by atoms with van der Waals surface area (Å²) in [7, 11) is 1.29. The Bertz CT molecular complexity index is 1210. The standard InChI is InChI=1S/C22H23N3O5/c1-4-14(2)25-20(27)17-7-5-6-8-18(17)24(22(25)29)13-19(26)23-16-11-9-15(10-12-16)21(28)30-3/h5-12,14H,4,13H2,1-3H3,(H,23,26)/t14-/m0/s1. The average Bonchev–Trinajstić information content (AvgIpc) is 2.76. The van der Waals surface area contributed by atoms with Gasteiger partial charge in [-0.05, 0) is 49.7 Å². The minimum Gasteiger partial charge on any atom is -0.465 e. The molecule has 2 aromatic carbocycles. The van der Waals surface area contributed by atoms with Crippen LogP contribution in [0.1, 0.15) is 36.7 Å². The number of esters is 1. The zero-order valence-corrected chi connectivity index (χ0v) is 17.0. The lowest BCUT2D eigenvalue weighted by Crippen LogP contribution is -2.43. The predicted molar refractivity (Wildman–Crippen MR) is 114 cm³/mol. The molecule has 3 rings (SSSR count). The fourth-order valence-corrected chi connectivity index (χ4v) is 3.22. The Hall–Kier alpha value is -3.68. The summed E-state index contributed by atoms with van der Waals surface area (Å²) in [5, 5.41) is 3.09. The number of carbonyl (C=O) groups excluding carboxylic acids is 2. The van der Waals surface area contributed by atoms with Crippen LogP contribution in [0, 0.1) is 0 Å². The molecule has 1 amide bonds. The van der Waals surface area contributed by atoms with Crippen LogP contribution < -0.4 is 16.6 Å². The lowest BCUT2D eigenvalue weighted by Gasteiger charge is -2.17. The molecule has 0 saturated carbocycles. The van der Waals surface area contributed by atoms with Crippen molar-refractivity contribution >= 4 is 28.5 Å². The quantitative estimate of drug-likeness (QED) is 0.631. The Morgan fingerprint density at radius 1 is 1.07 bits per heavy atom. The molecule has 1 N–H and O–H groups in total. The molecule has 0 aliphatic rings. The average molecular weight is 409 g/mol. The van der Waals surface area contributed by atoms with Gasteiger partial charge in [-0.2, -0.15) is 0 Å². The van der Waals surface area contributed by atoms with Crippen LogP contribution >= 0.6 is 0 Å². The van der Waals surface area contributed by atoms with Gasteiger partial charge in [-0.1, -0.05) is 19.1 Å². The SMILES string of the molecule is CC[C@H](C)n1c(=O)c2ccccc2n(CC(=O)Nc2ccc(C(=O)OC)cc2)c1=O. The minimum absolute atomic E-state index is 0.255. The molecule has 30 heavy (non-hydrogen) atoms. The number of fused-ring (bicyclic) bond motifs is 1. The van der Waals surface area contributed by atoms with E-state index in [0.717, 1.165) is 0 Å². The highest BCUT2D eigenvalue weighted by Crippen LogP contribution is 2.13. The molecule has 0 unspecified atom stereocenters. The fourth-order valence-electron chi connectivity index (χ4n) is 3.22. The summed E-state index contributed by atoms with van der Waals surface area (Å²) in [5.74, 6) is -0.902. The summed E-state index contributed by atoms with van der Waals surface area (Å²) in [5.41, 5.74) is 0.353. The Kier molecular flexibility index (Phi) is 6.15. The van der Waals surface area contributed by atoms with Gasteiger partial charge in [0, 0.05) is 11.7 Å². The molecule has 0 spiro atoms. The number of rotatable bonds is 6. The third-order valence-electron chi connectivity index (χ3n) is 5.00. The molecule has 8 heteroatoms. The molecule has 0 bridgehead atoms. The highest BCUT2D eigenvalue weighted by atomic mass is 16.5. The minimum atomic E-state index is -0.524. The topological polar surface area (TPSA) is 99.4 Å². The van der Waals surface area contributed by atoms with E-state index in [1.807, 2.05) is 6.92 Å². The highest BCUT2D eigenvalue weighted by molar-refractivity contribution is 5.93. The summed E-state index contributed by atoms with van der Waals surface area (Å²) in [6.45, 7) is 3.43. The normalized spacial score (nSPS) is 11.8. The van der Waals surface area contributed by atoms with Gasteiger partial charge in [-0.3, -0.25) is 18.7 Å². The first kappa shape index (κ1) is 21.0. The second-order valence-electron chi connectivity index (χ2n) is 6.94. The maximum Gasteiger partial charge on any atom is 0.337 e. The molecule has 0 saturated heterocycles. The van der Waals surface area contributed by atoms with E-state index in [9.17, 15) is 19.2 Å². The molecule has 1 aromatic heterocycles. The van der Waals surface area contributed by atoms with Crippen molar-refractivity contribution in [1.82, 2.24) is 9.13 Å². The largest absolute Gasteiger partial charge is 0.465 e. The number of nitrogens with one attached hydrogen (secondary N) is 1. The summed E-state index contributed by atoms with van der Waals surface area (Å²) < 4.78 is 7.15. The van der Waals surface area contributed by atoms with E-state index in [-0.39, 0.29) is 18.1 Å². The van der Waals surface area contributed by atoms with Gasteiger partial charge in [0.25, 0.3) is 5.56 Å². The van der Waals surface area contributed by atoms with E-state index in [4.69, 9.17) is 0 Å². The van der Waals surface area contributed by atoms with Crippen LogP contribution in [0.5, 0.6) is 0 Å². The number of aromatic nitrogens is 2. The molecule has 0 radical (unpaired) electrons. The van der Waals surface area contributed by atoms with Crippen LogP contribution in [-0.2, 0) is 16.1 Å². The number of nitrogens with zero attached hydrogens (tertiary/aromatic N) is 2. The molecule has 1 heterocycles. The summed E-state index contributed by atoms with van der Waals surface area (Å²) in [4.78, 5) is 50.0. The number of ether oxygens (including phenoxy) is 1. The van der Waals surface area contributed by atoms with Gasteiger partial charge < -0.3 is 10.1 Å². The molecule has 1 atom stereocenters. The maximum absolute atomic E-state index is 13.0. The van der Waals surface area contributed by atoms with E-state index in [2.05, 4.69) is 10.1 Å². The molecule has 0 fully saturated rings. The maximum atomic E-state index is 13.0. The van der Waals surface area contributed by atoms with E-state index in [1.165, 1.54) is 28.4 Å². The zero-order chi connectivity index (χ0) is 21.8. The Balaban J connectivity index is 1.95. The number of para-hydroxylation sites is 1. The van der Waals surface area contributed by atoms with E-state index in [1.54, 1.807) is 43.3 Å². The molecule has 156 valence electrons. The Morgan fingerprint density at radius 3 is 2.37 bits per heavy atom. The van der Waals surface area contributed by atoms with Crippen molar-refractivity contribution in [2.75, 3.05) is 12.4 Å². The number of carbonyl (C=O) groups is 2. The molecule has 0 aliphatic heterocycles. The molecular weight excluding hydrogens is 386 g/mol. The molecule has 0 aliphatic carbocycles. The first-order valence-electron chi connectivity index (χ1n) is 9.59. The second-order valence-corrected chi connectivity index (χ2v) is 6.94. The fraction of sp³-hybridized carbons (Fsp3) is 0.273. The lowest BCUT2D eigenvalue weighted by atomic mass is 10.2. The van der Waals surface area contributed by atoms with Crippen molar-refractivity contribution in [3.63, 3.8) is 0 Å². The van der Waals surface area contributed by atoms with Crippen molar-refractivity contribution < 1.29 is 14.3 Å². The number of amides is 1. The molecular formula is C22H23N3O5. The van der Waals surface area contributed by atoms with E-state index < -0.39 is 17.6 Å². The Morgan fingerprint density at radius 2 is 1.73 bits per heavy atom. The van der Waals surface area contributed by atoms with Gasteiger partial charge in [-0.25, -0.2) is 9.59 Å². The van der Waals surface area contributed by atoms with E-state index in [0.29, 0.717) is 28.6 Å². The number of anilines is 1. The van der Waals surface area contributed by atoms with E-state index >= 15 is 0 Å². The zero-order valence-electron chi connectivity index (χ0n) is 17.0. The van der Waals surface area contributed by atoms with Crippen molar-refractivity contribution in [2.45, 2.75) is 32.9 Å². The number of hydrogen-bond donors (Lipinski definition) is 1. The number of benzene rings is 2. The van der Waals surface area contributed by atoms with Crippen LogP contribution in [0.25, 0.3) is 10.9 Å². The summed E-state index contributed by atoms with van der Waals surface area (Å²) in [6, 6.07) is 12.7. The monoisotopic (exact) mass is 409 g/mol. The highest BCUT2D eigenvalue weighted by Gasteiger charge is 2.18. The Labute approximate surface area is 172 Å². The van der Waals surface area contributed by atoms with Crippen molar-refractivity contribution in [2.24, 2.45) is 0 Å². The summed E-state index contributed by atoms with van der Waals surface area (Å²) in [6.07, 6.45) is 0.603. The second kappa shape index (κ2) is 8.77. The predicted octanol–water partition coefficient (Wildman–Crippen LogP) is 2.56. The third-order valence-corrected chi connectivity index (χ3v) is 5.00. The van der Waals surface area contributed by atoms with Crippen LogP contribution in [0.2, 0.25) is 0 Å². The van der Waals surface area contributed by atoms with Crippen LogP contribution in [0.4, 0.5) is 5.69 Å². The number of hydrogen-bond acceptors (Lipinski definition) is 5. The van der Waals surface area contributed by atoms with Gasteiger partial charge >= 0.3 is 11.7 Å². The summed E-state index contributed by atoms with van der Waals surface area (Å²) >= 11 is 0. The van der Waals surface area contributed by atoms with Gasteiger partial charge in [0.05, 0.1) is 23.6 Å². The molecule has 8 nitrogen and oxygen atoms in total. The lowest BCUT2D eigenvalue weighted by molar-refractivity contribution is -0.116. The third kappa shape index (κ3) is 4.03. The van der Waals surface area contributed by atoms with Gasteiger partial charge in [0.15, 0.2) is 0 Å². The van der Waals surface area contributed by atoms with Crippen LogP contribution in [-0.4, -0.2) is 28.1 Å². The first-order chi connectivity index (χ1) is 14.4. The molecule has 3 aromatic rings. The van der Waals surface area contributed by atoms with Crippen LogP contribution in [0.3, 0.4) is 0 Å². The van der Waals surface area contributed by atoms with Crippen molar-refractivity contribution in [3.05, 3.63) is 74.9 Å². The van der Waals surface area contributed by atoms with Gasteiger partial charge in [-0.15, -0.1) is 0 Å². The van der Waals surface area contributed by atoms with Crippen molar-refractivity contribution in [1.29, 1.82) is 0 Å². The van der Waals surface area contributed by atoms with Crippen molar-refractivity contribution in [3.8, 4) is 0 Å². The van der Waals surface area contributed by atoms with Crippen LogP contribution in [0.15, 0.2) is 58.1 Å². The van der Waals surface area contributed by atoms with Gasteiger partial charge in [0.1, 0.15) is 6.54 Å².